The molecular weight excluding hydrogens is 688 g/mol. The van der Waals surface area contributed by atoms with Crippen LogP contribution in [0.4, 0.5) is 0 Å². The lowest BCUT2D eigenvalue weighted by atomic mass is 9.83. The van der Waals surface area contributed by atoms with Crippen LogP contribution in [0, 0.1) is 17.8 Å². The standard InChI is InChI=1S/C42H60N4O8/c1-26(2)18-34(40(50)45-33(19-28-12-8-6-9-13-28)36(47)23-38(48)43-24-27(3)4)46-41(51)35(20-29-14-10-7-11-15-29)44-39(49)22-31-25-54-37-17-16-30(21-32(31)37)42(52)53-5/h7,10-11,14-17,21,26-28,31,33-36,47H,6,8-9,12-13,18-20,22-25H2,1-5H3,(H,43,48)(H,44,49)(H,45,50)(H,46,51)/t31?,33-,34-,35-,36-/m0/s1. The minimum absolute atomic E-state index is 0.0115. The second-order valence-electron chi connectivity index (χ2n) is 15.8. The van der Waals surface area contributed by atoms with E-state index >= 15 is 0 Å². The lowest BCUT2D eigenvalue weighted by Crippen LogP contribution is -2.57. The van der Waals surface area contributed by atoms with Gasteiger partial charge in [0, 0.05) is 30.9 Å². The Kier molecular flexibility index (Phi) is 16.3. The maximum atomic E-state index is 14.1. The molecule has 5 N–H and O–H groups in total. The van der Waals surface area contributed by atoms with Crippen LogP contribution in [0.15, 0.2) is 48.5 Å². The average molecular weight is 749 g/mol. The van der Waals surface area contributed by atoms with Crippen LogP contribution < -0.4 is 26.0 Å². The van der Waals surface area contributed by atoms with E-state index < -0.39 is 42.0 Å². The number of methoxy groups -OCH3 is 1. The normalized spacial score (nSPS) is 17.7. The molecule has 54 heavy (non-hydrogen) atoms. The summed E-state index contributed by atoms with van der Waals surface area (Å²) < 4.78 is 10.6. The van der Waals surface area contributed by atoms with Gasteiger partial charge in [-0.25, -0.2) is 4.79 Å². The zero-order chi connectivity index (χ0) is 39.2. The van der Waals surface area contributed by atoms with Crippen molar-refractivity contribution in [1.82, 2.24) is 21.3 Å². The van der Waals surface area contributed by atoms with Crippen molar-refractivity contribution in [3.8, 4) is 5.75 Å². The van der Waals surface area contributed by atoms with Crippen molar-refractivity contribution >= 4 is 29.6 Å². The van der Waals surface area contributed by atoms with Crippen LogP contribution in [0.25, 0.3) is 0 Å². The first kappa shape index (κ1) is 42.3. The predicted molar refractivity (Wildman–Crippen MR) is 206 cm³/mol. The van der Waals surface area contributed by atoms with E-state index in [1.165, 1.54) is 7.11 Å². The Hall–Kier alpha value is -4.45. The fraction of sp³-hybridized carbons (Fsp3) is 0.595. The summed E-state index contributed by atoms with van der Waals surface area (Å²) in [6.45, 7) is 8.63. The van der Waals surface area contributed by atoms with Gasteiger partial charge in [-0.3, -0.25) is 19.2 Å². The summed E-state index contributed by atoms with van der Waals surface area (Å²) in [5, 5.41) is 23.0. The second-order valence-corrected chi connectivity index (χ2v) is 15.8. The first-order valence-electron chi connectivity index (χ1n) is 19.6. The molecule has 1 unspecified atom stereocenters. The molecule has 0 spiro atoms. The molecule has 2 aromatic carbocycles. The number of aliphatic hydroxyl groups excluding tert-OH is 1. The van der Waals surface area contributed by atoms with Gasteiger partial charge in [0.05, 0.1) is 37.8 Å². The van der Waals surface area contributed by atoms with E-state index in [0.29, 0.717) is 42.2 Å². The molecule has 2 aromatic rings. The largest absolute Gasteiger partial charge is 0.493 e. The van der Waals surface area contributed by atoms with Crippen LogP contribution >= 0.6 is 0 Å². The molecule has 12 heteroatoms. The van der Waals surface area contributed by atoms with Gasteiger partial charge < -0.3 is 35.8 Å². The summed E-state index contributed by atoms with van der Waals surface area (Å²) in [5.41, 5.74) is 1.89. The van der Waals surface area contributed by atoms with Gasteiger partial charge in [0.1, 0.15) is 17.8 Å². The molecule has 0 bridgehead atoms. The van der Waals surface area contributed by atoms with Crippen LogP contribution in [-0.4, -0.2) is 79.2 Å². The van der Waals surface area contributed by atoms with Crippen LogP contribution in [0.2, 0.25) is 0 Å². The predicted octanol–water partition coefficient (Wildman–Crippen LogP) is 4.58. The molecule has 0 aromatic heterocycles. The van der Waals surface area contributed by atoms with Crippen molar-refractivity contribution in [2.75, 3.05) is 20.3 Å². The highest BCUT2D eigenvalue weighted by atomic mass is 16.5. The van der Waals surface area contributed by atoms with Crippen LogP contribution in [0.3, 0.4) is 0 Å². The van der Waals surface area contributed by atoms with Crippen LogP contribution in [0.5, 0.6) is 5.75 Å². The van der Waals surface area contributed by atoms with Gasteiger partial charge in [0.25, 0.3) is 0 Å². The van der Waals surface area contributed by atoms with Crippen LogP contribution in [-0.2, 0) is 30.3 Å². The van der Waals surface area contributed by atoms with E-state index in [2.05, 4.69) is 21.3 Å². The number of hydrogen-bond donors (Lipinski definition) is 5. The number of rotatable bonds is 19. The van der Waals surface area contributed by atoms with Gasteiger partial charge in [-0.2, -0.15) is 0 Å². The molecule has 0 saturated heterocycles. The molecule has 12 nitrogen and oxygen atoms in total. The summed E-state index contributed by atoms with van der Waals surface area (Å²) in [6, 6.07) is 11.7. The fourth-order valence-electron chi connectivity index (χ4n) is 7.30. The Bertz CT molecular complexity index is 1560. The third kappa shape index (κ3) is 13.1. The number of benzene rings is 2. The smallest absolute Gasteiger partial charge is 0.337 e. The molecule has 1 aliphatic carbocycles. The van der Waals surface area contributed by atoms with Gasteiger partial charge in [-0.1, -0.05) is 90.1 Å². The highest BCUT2D eigenvalue weighted by Crippen LogP contribution is 2.36. The van der Waals surface area contributed by atoms with E-state index in [4.69, 9.17) is 9.47 Å². The van der Waals surface area contributed by atoms with E-state index in [0.717, 1.165) is 37.7 Å². The fourth-order valence-corrected chi connectivity index (χ4v) is 7.30. The molecule has 1 fully saturated rings. The van der Waals surface area contributed by atoms with Gasteiger partial charge in [-0.05, 0) is 54.4 Å². The third-order valence-corrected chi connectivity index (χ3v) is 10.2. The van der Waals surface area contributed by atoms with E-state index in [1.54, 1.807) is 18.2 Å². The van der Waals surface area contributed by atoms with Gasteiger partial charge in [0.2, 0.25) is 23.6 Å². The minimum Gasteiger partial charge on any atom is -0.493 e. The SMILES string of the molecule is COC(=O)c1ccc2c(c1)C(CC(=O)N[C@@H](Cc1ccccc1)C(=O)N[C@@H](CC(C)C)C(=O)N[C@@H](CC1CCCCC1)[C@@H](O)CC(=O)NCC(C)C)CO2. The van der Waals surface area contributed by atoms with E-state index in [9.17, 15) is 29.1 Å². The van der Waals surface area contributed by atoms with Crippen molar-refractivity contribution in [2.45, 2.75) is 122 Å². The average Bonchev–Trinajstić information content (AvgIpc) is 3.54. The van der Waals surface area contributed by atoms with Crippen molar-refractivity contribution in [2.24, 2.45) is 17.8 Å². The Morgan fingerprint density at radius 2 is 1.56 bits per heavy atom. The molecule has 4 rings (SSSR count). The molecule has 1 saturated carbocycles. The lowest BCUT2D eigenvalue weighted by molar-refractivity contribution is -0.133. The lowest BCUT2D eigenvalue weighted by Gasteiger charge is -2.32. The summed E-state index contributed by atoms with van der Waals surface area (Å²) in [5.74, 6) is -1.26. The third-order valence-electron chi connectivity index (χ3n) is 10.2. The number of amides is 4. The highest BCUT2D eigenvalue weighted by molar-refractivity contribution is 5.93. The summed E-state index contributed by atoms with van der Waals surface area (Å²) in [6.07, 6.45) is 5.15. The maximum Gasteiger partial charge on any atom is 0.337 e. The summed E-state index contributed by atoms with van der Waals surface area (Å²) >= 11 is 0. The first-order valence-corrected chi connectivity index (χ1v) is 19.6. The van der Waals surface area contributed by atoms with Crippen LogP contribution in [0.1, 0.15) is 113 Å². The zero-order valence-corrected chi connectivity index (χ0v) is 32.5. The number of hydrogen-bond acceptors (Lipinski definition) is 8. The van der Waals surface area contributed by atoms with Gasteiger partial charge in [0.15, 0.2) is 0 Å². The second kappa shape index (κ2) is 20.9. The molecule has 1 aliphatic heterocycles. The van der Waals surface area contributed by atoms with Gasteiger partial charge in [-0.15, -0.1) is 0 Å². The highest BCUT2D eigenvalue weighted by Gasteiger charge is 2.34. The number of aliphatic hydroxyl groups is 1. The zero-order valence-electron chi connectivity index (χ0n) is 32.5. The molecule has 4 amide bonds. The van der Waals surface area contributed by atoms with Crippen molar-refractivity contribution in [1.29, 1.82) is 0 Å². The van der Waals surface area contributed by atoms with Crippen molar-refractivity contribution in [3.05, 3.63) is 65.2 Å². The maximum absolute atomic E-state index is 14.1. The van der Waals surface area contributed by atoms with E-state index in [-0.39, 0.29) is 55.4 Å². The number of carbonyl (C=O) groups is 5. The Labute approximate surface area is 319 Å². The number of esters is 1. The summed E-state index contributed by atoms with van der Waals surface area (Å²) in [7, 11) is 1.30. The topological polar surface area (TPSA) is 172 Å². The molecular formula is C42H60N4O8. The molecule has 0 radical (unpaired) electrons. The van der Waals surface area contributed by atoms with Gasteiger partial charge >= 0.3 is 5.97 Å². The Balaban J connectivity index is 1.49. The molecule has 296 valence electrons. The van der Waals surface area contributed by atoms with Crippen molar-refractivity contribution < 1.29 is 38.6 Å². The van der Waals surface area contributed by atoms with E-state index in [1.807, 2.05) is 58.0 Å². The molecule has 1 heterocycles. The first-order chi connectivity index (χ1) is 25.8. The molecule has 2 aliphatic rings. The van der Waals surface area contributed by atoms with Crippen molar-refractivity contribution in [3.63, 3.8) is 0 Å². The monoisotopic (exact) mass is 748 g/mol. The Morgan fingerprint density at radius 3 is 2.22 bits per heavy atom. The number of fused-ring (bicyclic) bond motifs is 1. The number of ether oxygens (including phenoxy) is 2. The number of nitrogens with one attached hydrogen (secondary N) is 4. The summed E-state index contributed by atoms with van der Waals surface area (Å²) in [4.78, 5) is 66.6. The number of carbonyl (C=O) groups excluding carboxylic acids is 5. The Morgan fingerprint density at radius 1 is 0.852 bits per heavy atom. The minimum atomic E-state index is -1.10. The quantitative estimate of drug-likeness (QED) is 0.130. The molecule has 5 atom stereocenters.